The summed E-state index contributed by atoms with van der Waals surface area (Å²) in [4.78, 5) is 25.3. The summed E-state index contributed by atoms with van der Waals surface area (Å²) >= 11 is 0. The third-order valence-electron chi connectivity index (χ3n) is 5.79. The van der Waals surface area contributed by atoms with Gasteiger partial charge in [0.05, 0.1) is 5.69 Å². The summed E-state index contributed by atoms with van der Waals surface area (Å²) in [7, 11) is 0. The summed E-state index contributed by atoms with van der Waals surface area (Å²) in [6, 6.07) is 20.1. The minimum absolute atomic E-state index is 0.153. The summed E-state index contributed by atoms with van der Waals surface area (Å²) in [6.45, 7) is 3.41. The molecule has 0 fully saturated rings. The lowest BCUT2D eigenvalue weighted by Crippen LogP contribution is -2.37. The molecule has 0 bridgehead atoms. The second kappa shape index (κ2) is 12.4. The van der Waals surface area contributed by atoms with Crippen LogP contribution in [-0.2, 0) is 0 Å². The average Bonchev–Trinajstić information content (AvgIpc) is 2.92. The highest BCUT2D eigenvalue weighted by Gasteiger charge is 2.30. The highest BCUT2D eigenvalue weighted by Crippen LogP contribution is 2.42. The zero-order valence-electron chi connectivity index (χ0n) is 20.1. The van der Waals surface area contributed by atoms with Crippen molar-refractivity contribution in [3.05, 3.63) is 120 Å². The summed E-state index contributed by atoms with van der Waals surface area (Å²) in [5.74, 6) is 0.0162. The molecule has 8 heteroatoms. The number of carbonyl (C=O) groups is 1. The van der Waals surface area contributed by atoms with Crippen molar-refractivity contribution in [2.24, 2.45) is 0 Å². The highest BCUT2D eigenvalue weighted by atomic mass is 19.1. The van der Waals surface area contributed by atoms with Gasteiger partial charge in [-0.1, -0.05) is 30.3 Å². The third-order valence-corrected chi connectivity index (χ3v) is 5.79. The van der Waals surface area contributed by atoms with E-state index in [1.54, 1.807) is 24.5 Å². The van der Waals surface area contributed by atoms with Crippen LogP contribution in [0.5, 0.6) is 0 Å². The van der Waals surface area contributed by atoms with Crippen molar-refractivity contribution in [3.8, 4) is 0 Å². The largest absolute Gasteiger partial charge is 0.368 e. The van der Waals surface area contributed by atoms with Gasteiger partial charge < -0.3 is 16.0 Å². The maximum absolute atomic E-state index is 13.9. The van der Waals surface area contributed by atoms with Gasteiger partial charge in [0.2, 0.25) is 0 Å². The molecule has 0 spiro atoms. The SMILES string of the molecule is CCNC(=O)NCCNc1cccc(C(c2ccc(F)cc2)C(c2cccnc2)c2cccnc2)n1. The third kappa shape index (κ3) is 6.41. The number of urea groups is 1. The van der Waals surface area contributed by atoms with Gasteiger partial charge in [-0.3, -0.25) is 9.97 Å². The lowest BCUT2D eigenvalue weighted by molar-refractivity contribution is 0.242. The number of rotatable bonds is 10. The second-order valence-electron chi connectivity index (χ2n) is 8.24. The quantitative estimate of drug-likeness (QED) is 0.284. The molecule has 3 N–H and O–H groups in total. The molecule has 184 valence electrons. The zero-order chi connectivity index (χ0) is 25.2. The lowest BCUT2D eigenvalue weighted by Gasteiger charge is -2.28. The smallest absolute Gasteiger partial charge is 0.314 e. The first-order chi connectivity index (χ1) is 17.7. The molecule has 36 heavy (non-hydrogen) atoms. The Labute approximate surface area is 210 Å². The van der Waals surface area contributed by atoms with Gasteiger partial charge in [-0.25, -0.2) is 14.2 Å². The normalized spacial score (nSPS) is 11.6. The van der Waals surface area contributed by atoms with Crippen molar-refractivity contribution in [3.63, 3.8) is 0 Å². The Hall–Kier alpha value is -4.33. The molecule has 7 nitrogen and oxygen atoms in total. The Balaban J connectivity index is 1.69. The average molecular weight is 485 g/mol. The fraction of sp³-hybridized carbons (Fsp3) is 0.214. The van der Waals surface area contributed by atoms with E-state index in [4.69, 9.17) is 4.98 Å². The minimum Gasteiger partial charge on any atom is -0.368 e. The number of anilines is 1. The zero-order valence-corrected chi connectivity index (χ0v) is 20.1. The Morgan fingerprint density at radius 2 is 1.50 bits per heavy atom. The molecule has 3 heterocycles. The first-order valence-corrected chi connectivity index (χ1v) is 11.9. The number of benzene rings is 1. The van der Waals surface area contributed by atoms with Crippen LogP contribution in [0.1, 0.15) is 41.1 Å². The Morgan fingerprint density at radius 1 is 0.806 bits per heavy atom. The van der Waals surface area contributed by atoms with Gasteiger partial charge in [0, 0.05) is 56.3 Å². The molecule has 0 aliphatic carbocycles. The van der Waals surface area contributed by atoms with E-state index in [9.17, 15) is 9.18 Å². The van der Waals surface area contributed by atoms with Gasteiger partial charge in [0.15, 0.2) is 0 Å². The van der Waals surface area contributed by atoms with Crippen LogP contribution in [0.15, 0.2) is 91.5 Å². The molecule has 4 rings (SSSR count). The van der Waals surface area contributed by atoms with Crippen LogP contribution in [0.25, 0.3) is 0 Å². The predicted molar refractivity (Wildman–Crippen MR) is 138 cm³/mol. The Bertz CT molecular complexity index is 1200. The number of aromatic nitrogens is 3. The summed E-state index contributed by atoms with van der Waals surface area (Å²) < 4.78 is 13.9. The van der Waals surface area contributed by atoms with Gasteiger partial charge in [-0.2, -0.15) is 0 Å². The number of amides is 2. The molecule has 2 amide bonds. The Morgan fingerprint density at radius 3 is 2.11 bits per heavy atom. The fourth-order valence-electron chi connectivity index (χ4n) is 4.21. The molecule has 1 unspecified atom stereocenters. The molecule has 1 atom stereocenters. The molecule has 0 saturated carbocycles. The topological polar surface area (TPSA) is 91.8 Å². The molecule has 0 saturated heterocycles. The summed E-state index contributed by atoms with van der Waals surface area (Å²) in [5, 5.41) is 8.78. The summed E-state index contributed by atoms with van der Waals surface area (Å²) in [6.07, 6.45) is 7.19. The van der Waals surface area contributed by atoms with Crippen molar-refractivity contribution in [1.29, 1.82) is 0 Å². The van der Waals surface area contributed by atoms with E-state index in [1.165, 1.54) is 12.1 Å². The van der Waals surface area contributed by atoms with Gasteiger partial charge in [0.1, 0.15) is 11.6 Å². The molecular weight excluding hydrogens is 455 g/mol. The number of hydrogen-bond donors (Lipinski definition) is 3. The lowest BCUT2D eigenvalue weighted by atomic mass is 9.76. The van der Waals surface area contributed by atoms with E-state index >= 15 is 0 Å². The molecule has 1 aromatic carbocycles. The molecular formula is C28H29FN6O. The van der Waals surface area contributed by atoms with Gasteiger partial charge in [-0.15, -0.1) is 0 Å². The van der Waals surface area contributed by atoms with Crippen LogP contribution in [0.4, 0.5) is 15.0 Å². The Kier molecular flexibility index (Phi) is 8.53. The molecule has 0 aliphatic heterocycles. The van der Waals surface area contributed by atoms with E-state index < -0.39 is 0 Å². The minimum atomic E-state index is -0.292. The van der Waals surface area contributed by atoms with Crippen LogP contribution < -0.4 is 16.0 Å². The van der Waals surface area contributed by atoms with Crippen molar-refractivity contribution in [2.45, 2.75) is 18.8 Å². The van der Waals surface area contributed by atoms with Crippen LogP contribution in [-0.4, -0.2) is 40.6 Å². The maximum Gasteiger partial charge on any atom is 0.314 e. The predicted octanol–water partition coefficient (Wildman–Crippen LogP) is 4.71. The van der Waals surface area contributed by atoms with Gasteiger partial charge in [-0.05, 0) is 60.0 Å². The number of nitrogens with one attached hydrogen (secondary N) is 3. The van der Waals surface area contributed by atoms with Crippen molar-refractivity contribution in [1.82, 2.24) is 25.6 Å². The second-order valence-corrected chi connectivity index (χ2v) is 8.24. The van der Waals surface area contributed by atoms with Gasteiger partial charge >= 0.3 is 6.03 Å². The van der Waals surface area contributed by atoms with Crippen molar-refractivity contribution < 1.29 is 9.18 Å². The van der Waals surface area contributed by atoms with Crippen LogP contribution in [0.3, 0.4) is 0 Å². The molecule has 0 aliphatic rings. The number of hydrogen-bond acceptors (Lipinski definition) is 5. The first-order valence-electron chi connectivity index (χ1n) is 11.9. The van der Waals surface area contributed by atoms with Crippen molar-refractivity contribution >= 4 is 11.8 Å². The number of pyridine rings is 3. The number of halogens is 1. The van der Waals surface area contributed by atoms with Gasteiger partial charge in [0.25, 0.3) is 0 Å². The van der Waals surface area contributed by atoms with E-state index in [2.05, 4.69) is 25.9 Å². The van der Waals surface area contributed by atoms with E-state index in [-0.39, 0.29) is 23.7 Å². The summed E-state index contributed by atoms with van der Waals surface area (Å²) in [5.41, 5.74) is 3.76. The number of carbonyl (C=O) groups excluding carboxylic acids is 1. The van der Waals surface area contributed by atoms with E-state index in [1.807, 2.05) is 61.8 Å². The standard InChI is InChI=1S/C28H29FN6O/c1-2-32-28(36)34-17-16-33-25-9-3-8-24(35-25)27(20-10-12-23(29)13-11-20)26(21-6-4-14-30-18-21)22-7-5-15-31-19-22/h3-15,18-19,26-27H,2,16-17H2,1H3,(H,33,35)(H2,32,34,36). The monoisotopic (exact) mass is 484 g/mol. The molecule has 3 aromatic heterocycles. The van der Waals surface area contributed by atoms with Crippen LogP contribution in [0, 0.1) is 5.82 Å². The van der Waals surface area contributed by atoms with Crippen LogP contribution >= 0.6 is 0 Å². The first kappa shape index (κ1) is 24.8. The number of nitrogens with zero attached hydrogens (tertiary/aromatic N) is 3. The van der Waals surface area contributed by atoms with Crippen molar-refractivity contribution in [2.75, 3.05) is 25.0 Å². The van der Waals surface area contributed by atoms with E-state index in [0.29, 0.717) is 25.5 Å². The van der Waals surface area contributed by atoms with E-state index in [0.717, 1.165) is 22.4 Å². The van der Waals surface area contributed by atoms with Crippen LogP contribution in [0.2, 0.25) is 0 Å². The fourth-order valence-corrected chi connectivity index (χ4v) is 4.21. The highest BCUT2D eigenvalue weighted by molar-refractivity contribution is 5.73. The molecule has 0 radical (unpaired) electrons. The molecule has 4 aromatic rings. The maximum atomic E-state index is 13.9.